The van der Waals surface area contributed by atoms with Gasteiger partial charge in [0.05, 0.1) is 22.9 Å². The van der Waals surface area contributed by atoms with E-state index in [-0.39, 0.29) is 30.3 Å². The fraction of sp³-hybridized carbons (Fsp3) is 0.278. The van der Waals surface area contributed by atoms with Crippen LogP contribution < -0.4 is 16.2 Å². The number of aryl methyl sites for hydroxylation is 2. The van der Waals surface area contributed by atoms with E-state index in [0.29, 0.717) is 33.9 Å². The van der Waals surface area contributed by atoms with E-state index in [1.165, 1.54) is 22.2 Å². The summed E-state index contributed by atoms with van der Waals surface area (Å²) in [6.07, 6.45) is 3.09. The Bertz CT molecular complexity index is 1090. The van der Waals surface area contributed by atoms with Crippen molar-refractivity contribution in [3.05, 3.63) is 51.5 Å². The Morgan fingerprint density at radius 3 is 3.04 bits per heavy atom. The summed E-state index contributed by atoms with van der Waals surface area (Å²) in [5.74, 6) is -0.409. The Morgan fingerprint density at radius 1 is 1.30 bits per heavy atom. The summed E-state index contributed by atoms with van der Waals surface area (Å²) in [6, 6.07) is 7.10. The molecule has 2 N–H and O–H groups in total. The van der Waals surface area contributed by atoms with Crippen LogP contribution in [0.1, 0.15) is 28.2 Å². The topological polar surface area (TPSA) is 106 Å². The molecule has 2 aromatic heterocycles. The van der Waals surface area contributed by atoms with Gasteiger partial charge in [0.25, 0.3) is 11.5 Å². The molecule has 27 heavy (non-hydrogen) atoms. The molecule has 8 nitrogen and oxygen atoms in total. The van der Waals surface area contributed by atoms with Crippen molar-refractivity contribution in [2.24, 2.45) is 0 Å². The monoisotopic (exact) mass is 383 g/mol. The van der Waals surface area contributed by atoms with Gasteiger partial charge in [-0.3, -0.25) is 19.0 Å². The van der Waals surface area contributed by atoms with Crippen LogP contribution in [0.4, 0.5) is 5.13 Å². The van der Waals surface area contributed by atoms with Gasteiger partial charge in [0, 0.05) is 19.5 Å². The summed E-state index contributed by atoms with van der Waals surface area (Å²) in [5, 5.41) is 6.46. The third-order valence-corrected chi connectivity index (χ3v) is 5.35. The molecule has 0 atom stereocenters. The molecular weight excluding hydrogens is 366 g/mol. The normalized spacial score (nSPS) is 13.7. The summed E-state index contributed by atoms with van der Waals surface area (Å²) < 4.78 is 1.42. The van der Waals surface area contributed by atoms with Crippen LogP contribution >= 0.6 is 11.3 Å². The van der Waals surface area contributed by atoms with Crippen LogP contribution in [0.2, 0.25) is 0 Å². The summed E-state index contributed by atoms with van der Waals surface area (Å²) in [5.41, 5.74) is 1.18. The van der Waals surface area contributed by atoms with Gasteiger partial charge in [-0.25, -0.2) is 9.97 Å². The van der Waals surface area contributed by atoms with Gasteiger partial charge >= 0.3 is 0 Å². The summed E-state index contributed by atoms with van der Waals surface area (Å²) in [7, 11) is 0. The van der Waals surface area contributed by atoms with Crippen LogP contribution in [-0.4, -0.2) is 32.9 Å². The fourth-order valence-electron chi connectivity index (χ4n) is 2.96. The number of nitrogens with zero attached hydrogens (tertiary/aromatic N) is 3. The van der Waals surface area contributed by atoms with Crippen LogP contribution in [0, 0.1) is 0 Å². The quantitative estimate of drug-likeness (QED) is 0.711. The number of hydrogen-bond acceptors (Lipinski definition) is 6. The first kappa shape index (κ1) is 17.3. The first-order valence-electron chi connectivity index (χ1n) is 8.64. The molecule has 138 valence electrons. The number of fused-ring (bicyclic) bond motifs is 2. The second kappa shape index (κ2) is 7.28. The van der Waals surface area contributed by atoms with Crippen LogP contribution in [0.5, 0.6) is 0 Å². The molecule has 0 saturated heterocycles. The van der Waals surface area contributed by atoms with Gasteiger partial charge in [-0.2, -0.15) is 0 Å². The lowest BCUT2D eigenvalue weighted by Crippen LogP contribution is -2.23. The van der Waals surface area contributed by atoms with E-state index in [0.717, 1.165) is 12.1 Å². The van der Waals surface area contributed by atoms with Crippen molar-refractivity contribution in [3.63, 3.8) is 0 Å². The van der Waals surface area contributed by atoms with E-state index in [2.05, 4.69) is 20.6 Å². The Labute approximate surface area is 158 Å². The molecule has 1 aliphatic heterocycles. The first-order valence-corrected chi connectivity index (χ1v) is 9.45. The summed E-state index contributed by atoms with van der Waals surface area (Å²) >= 11 is 1.18. The fourth-order valence-corrected chi connectivity index (χ4v) is 3.90. The zero-order chi connectivity index (χ0) is 18.8. The molecule has 0 spiro atoms. The maximum atomic E-state index is 12.4. The highest BCUT2D eigenvalue weighted by Crippen LogP contribution is 2.25. The number of hydrogen-bond donors (Lipinski definition) is 2. The van der Waals surface area contributed by atoms with Crippen molar-refractivity contribution >= 4 is 39.2 Å². The van der Waals surface area contributed by atoms with Crippen LogP contribution in [0.15, 0.2) is 35.4 Å². The van der Waals surface area contributed by atoms with Gasteiger partial charge in [-0.05, 0) is 25.0 Å². The number of carbonyl (C=O) groups excluding carboxylic acids is 2. The molecule has 0 bridgehead atoms. The number of benzene rings is 1. The minimum Gasteiger partial charge on any atom is -0.351 e. The number of para-hydroxylation sites is 1. The maximum Gasteiger partial charge on any atom is 0.263 e. The molecule has 2 amide bonds. The van der Waals surface area contributed by atoms with Crippen molar-refractivity contribution < 1.29 is 9.59 Å². The number of anilines is 1. The summed E-state index contributed by atoms with van der Waals surface area (Å²) in [4.78, 5) is 45.8. The number of carbonyl (C=O) groups is 2. The van der Waals surface area contributed by atoms with Crippen LogP contribution in [0.3, 0.4) is 0 Å². The Kier molecular flexibility index (Phi) is 4.68. The highest BCUT2D eigenvalue weighted by atomic mass is 32.1. The second-order valence-electron chi connectivity index (χ2n) is 6.21. The third kappa shape index (κ3) is 3.59. The average Bonchev–Trinajstić information content (AvgIpc) is 2.99. The Morgan fingerprint density at radius 2 is 2.15 bits per heavy atom. The minimum absolute atomic E-state index is 0.108. The van der Waals surface area contributed by atoms with Crippen LogP contribution in [-0.2, 0) is 17.8 Å². The molecule has 0 unspecified atom stereocenters. The lowest BCUT2D eigenvalue weighted by atomic mass is 10.2. The molecule has 4 rings (SSSR count). The van der Waals surface area contributed by atoms with Crippen molar-refractivity contribution in [2.45, 2.75) is 25.8 Å². The predicted molar refractivity (Wildman–Crippen MR) is 102 cm³/mol. The van der Waals surface area contributed by atoms with E-state index in [9.17, 15) is 14.4 Å². The number of aromatic nitrogens is 3. The van der Waals surface area contributed by atoms with Gasteiger partial charge in [0.2, 0.25) is 5.91 Å². The largest absolute Gasteiger partial charge is 0.351 e. The average molecular weight is 383 g/mol. The van der Waals surface area contributed by atoms with E-state index < -0.39 is 0 Å². The molecule has 9 heteroatoms. The van der Waals surface area contributed by atoms with Crippen molar-refractivity contribution in [2.75, 3.05) is 11.9 Å². The number of rotatable bonds is 4. The first-order chi connectivity index (χ1) is 13.1. The lowest BCUT2D eigenvalue weighted by molar-refractivity contribution is -0.116. The molecule has 1 aliphatic rings. The van der Waals surface area contributed by atoms with Crippen molar-refractivity contribution in [1.82, 2.24) is 19.9 Å². The molecule has 0 fully saturated rings. The van der Waals surface area contributed by atoms with Gasteiger partial charge in [0.15, 0.2) is 5.13 Å². The highest BCUT2D eigenvalue weighted by Gasteiger charge is 2.21. The standard InChI is InChI=1S/C18H17N5O3S/c24-14(22-18-21-13-6-3-8-19-16(25)15(13)27-18)7-9-23-10-20-12-5-2-1-4-11(12)17(23)26/h1-2,4-5,10H,3,6-9H2,(H,19,25)(H,21,22,24). The Balaban J connectivity index is 1.43. The molecule has 1 aromatic carbocycles. The number of amides is 2. The van der Waals surface area contributed by atoms with Crippen molar-refractivity contribution in [1.29, 1.82) is 0 Å². The van der Waals surface area contributed by atoms with Gasteiger partial charge < -0.3 is 10.6 Å². The molecule has 0 saturated carbocycles. The maximum absolute atomic E-state index is 12.4. The van der Waals surface area contributed by atoms with E-state index in [1.54, 1.807) is 18.2 Å². The minimum atomic E-state index is -0.264. The van der Waals surface area contributed by atoms with E-state index in [4.69, 9.17) is 0 Å². The molecule has 3 heterocycles. The van der Waals surface area contributed by atoms with E-state index in [1.807, 2.05) is 6.07 Å². The molecule has 0 aliphatic carbocycles. The van der Waals surface area contributed by atoms with Crippen molar-refractivity contribution in [3.8, 4) is 0 Å². The van der Waals surface area contributed by atoms with Gasteiger partial charge in [-0.15, -0.1) is 0 Å². The SMILES string of the molecule is O=C(CCn1cnc2ccccc2c1=O)Nc1nc2c(s1)C(=O)NCCC2. The molecule has 3 aromatic rings. The molecule has 0 radical (unpaired) electrons. The predicted octanol–water partition coefficient (Wildman–Crippen LogP) is 1.56. The number of nitrogens with one attached hydrogen (secondary N) is 2. The zero-order valence-electron chi connectivity index (χ0n) is 14.4. The third-order valence-electron chi connectivity index (χ3n) is 4.34. The van der Waals surface area contributed by atoms with E-state index >= 15 is 0 Å². The van der Waals surface area contributed by atoms with Gasteiger partial charge in [0.1, 0.15) is 4.88 Å². The molecular formula is C18H17N5O3S. The highest BCUT2D eigenvalue weighted by molar-refractivity contribution is 7.17. The van der Waals surface area contributed by atoms with Gasteiger partial charge in [-0.1, -0.05) is 23.5 Å². The lowest BCUT2D eigenvalue weighted by Gasteiger charge is -2.06. The zero-order valence-corrected chi connectivity index (χ0v) is 15.2. The summed E-state index contributed by atoms with van der Waals surface area (Å²) in [6.45, 7) is 0.853. The number of thiazole rings is 1. The second-order valence-corrected chi connectivity index (χ2v) is 7.21. The van der Waals surface area contributed by atoms with Crippen LogP contribution in [0.25, 0.3) is 10.9 Å². The smallest absolute Gasteiger partial charge is 0.263 e. The Hall–Kier alpha value is -3.07.